The number of aryl methyl sites for hydroxylation is 1. The van der Waals surface area contributed by atoms with Gasteiger partial charge < -0.3 is 15.2 Å². The molecule has 20 heavy (non-hydrogen) atoms. The van der Waals surface area contributed by atoms with E-state index >= 15 is 0 Å². The van der Waals surface area contributed by atoms with Gasteiger partial charge in [-0.15, -0.1) is 0 Å². The molecule has 0 atom stereocenters. The molecule has 0 spiro atoms. The molecule has 0 unspecified atom stereocenters. The fourth-order valence-electron chi connectivity index (χ4n) is 1.67. The number of amides is 1. The van der Waals surface area contributed by atoms with Crippen molar-refractivity contribution in [3.05, 3.63) is 47.5 Å². The fourth-order valence-corrected chi connectivity index (χ4v) is 1.67. The Labute approximate surface area is 116 Å². The zero-order valence-electron chi connectivity index (χ0n) is 11.1. The first kappa shape index (κ1) is 14.2. The number of rotatable bonds is 6. The van der Waals surface area contributed by atoms with Crippen LogP contribution in [0.1, 0.15) is 17.7 Å². The Morgan fingerprint density at radius 2 is 2.10 bits per heavy atom. The van der Waals surface area contributed by atoms with E-state index in [1.165, 1.54) is 12.1 Å². The average molecular weight is 277 g/mol. The molecule has 0 aliphatic heterocycles. The van der Waals surface area contributed by atoms with Crippen LogP contribution in [-0.4, -0.2) is 17.6 Å². The van der Waals surface area contributed by atoms with E-state index in [2.05, 4.69) is 15.8 Å². The molecule has 1 aromatic heterocycles. The van der Waals surface area contributed by atoms with Crippen molar-refractivity contribution < 1.29 is 13.7 Å². The predicted octanol–water partition coefficient (Wildman–Crippen LogP) is 2.24. The molecule has 6 heteroatoms. The van der Waals surface area contributed by atoms with Gasteiger partial charge in [0.25, 0.3) is 0 Å². The maximum atomic E-state index is 12.7. The zero-order valence-corrected chi connectivity index (χ0v) is 11.1. The first-order valence-corrected chi connectivity index (χ1v) is 6.32. The van der Waals surface area contributed by atoms with E-state index < -0.39 is 0 Å². The van der Waals surface area contributed by atoms with Crippen LogP contribution in [0.2, 0.25) is 0 Å². The van der Waals surface area contributed by atoms with Gasteiger partial charge in [-0.2, -0.15) is 0 Å². The van der Waals surface area contributed by atoms with Crippen LogP contribution in [0.4, 0.5) is 10.2 Å². The highest BCUT2D eigenvalue weighted by atomic mass is 19.1. The lowest BCUT2D eigenvalue weighted by Gasteiger charge is -2.05. The summed E-state index contributed by atoms with van der Waals surface area (Å²) in [6.07, 6.45) is 0.326. The Morgan fingerprint density at radius 1 is 1.35 bits per heavy atom. The number of halogens is 1. The highest BCUT2D eigenvalue weighted by Gasteiger charge is 2.05. The molecule has 0 radical (unpaired) electrons. The standard InChI is InChI=1S/C14H16FN3O2/c1-10-8-13(18-20-10)17-14(19)6-7-16-9-11-2-4-12(15)5-3-11/h2-5,8,16H,6-7,9H2,1H3,(H,17,18,19). The van der Waals surface area contributed by atoms with Crippen LogP contribution >= 0.6 is 0 Å². The number of carbonyl (C=O) groups excluding carboxylic acids is 1. The van der Waals surface area contributed by atoms with E-state index in [-0.39, 0.29) is 11.7 Å². The quantitative estimate of drug-likeness (QED) is 0.795. The van der Waals surface area contributed by atoms with Crippen LogP contribution in [0, 0.1) is 12.7 Å². The second-order valence-corrected chi connectivity index (χ2v) is 4.42. The van der Waals surface area contributed by atoms with Gasteiger partial charge >= 0.3 is 0 Å². The van der Waals surface area contributed by atoms with Crippen molar-refractivity contribution in [1.82, 2.24) is 10.5 Å². The second kappa shape index (κ2) is 6.81. The third-order valence-corrected chi connectivity index (χ3v) is 2.67. The topological polar surface area (TPSA) is 67.2 Å². The van der Waals surface area contributed by atoms with Gasteiger partial charge in [0.2, 0.25) is 5.91 Å². The lowest BCUT2D eigenvalue weighted by Crippen LogP contribution is -2.21. The van der Waals surface area contributed by atoms with Crippen LogP contribution in [-0.2, 0) is 11.3 Å². The van der Waals surface area contributed by atoms with Crippen molar-refractivity contribution in [2.45, 2.75) is 19.9 Å². The summed E-state index contributed by atoms with van der Waals surface area (Å²) in [5.74, 6) is 0.682. The highest BCUT2D eigenvalue weighted by molar-refractivity contribution is 5.89. The minimum absolute atomic E-state index is 0.134. The molecular weight excluding hydrogens is 261 g/mol. The van der Waals surface area contributed by atoms with Crippen LogP contribution < -0.4 is 10.6 Å². The van der Waals surface area contributed by atoms with Crippen LogP contribution in [0.25, 0.3) is 0 Å². The van der Waals surface area contributed by atoms with Crippen molar-refractivity contribution >= 4 is 11.7 Å². The Bertz CT molecular complexity index is 566. The number of hydrogen-bond donors (Lipinski definition) is 2. The van der Waals surface area contributed by atoms with Gasteiger partial charge in [0.1, 0.15) is 11.6 Å². The van der Waals surface area contributed by atoms with E-state index in [9.17, 15) is 9.18 Å². The molecule has 2 N–H and O–H groups in total. The summed E-state index contributed by atoms with van der Waals surface area (Å²) in [6, 6.07) is 7.90. The average Bonchev–Trinajstić information content (AvgIpc) is 2.82. The SMILES string of the molecule is Cc1cc(NC(=O)CCNCc2ccc(F)cc2)no1. The van der Waals surface area contributed by atoms with E-state index in [4.69, 9.17) is 4.52 Å². The number of anilines is 1. The number of nitrogens with one attached hydrogen (secondary N) is 2. The number of aromatic nitrogens is 1. The Hall–Kier alpha value is -2.21. The first-order valence-electron chi connectivity index (χ1n) is 6.32. The molecule has 0 aliphatic carbocycles. The Kier molecular flexibility index (Phi) is 4.84. The molecule has 2 rings (SSSR count). The molecule has 1 heterocycles. The molecule has 2 aromatic rings. The van der Waals surface area contributed by atoms with Crippen molar-refractivity contribution in [1.29, 1.82) is 0 Å². The number of hydrogen-bond acceptors (Lipinski definition) is 4. The van der Waals surface area contributed by atoms with Crippen LogP contribution in [0.5, 0.6) is 0 Å². The smallest absolute Gasteiger partial charge is 0.226 e. The molecule has 1 aromatic carbocycles. The summed E-state index contributed by atoms with van der Waals surface area (Å²) < 4.78 is 17.6. The second-order valence-electron chi connectivity index (χ2n) is 4.42. The van der Waals surface area contributed by atoms with Crippen molar-refractivity contribution in [3.8, 4) is 0 Å². The van der Waals surface area contributed by atoms with E-state index in [0.29, 0.717) is 31.1 Å². The van der Waals surface area contributed by atoms with E-state index in [1.54, 1.807) is 25.1 Å². The van der Waals surface area contributed by atoms with Gasteiger partial charge in [0.15, 0.2) is 5.82 Å². The summed E-state index contributed by atoms with van der Waals surface area (Å²) in [6.45, 7) is 2.88. The zero-order chi connectivity index (χ0) is 14.4. The molecule has 1 amide bonds. The van der Waals surface area contributed by atoms with E-state index in [0.717, 1.165) is 5.56 Å². The summed E-state index contributed by atoms with van der Waals surface area (Å²) in [5.41, 5.74) is 0.971. The Morgan fingerprint density at radius 3 is 2.75 bits per heavy atom. The minimum Gasteiger partial charge on any atom is -0.360 e. The van der Waals surface area contributed by atoms with Gasteiger partial charge in [-0.1, -0.05) is 17.3 Å². The molecule has 0 saturated carbocycles. The maximum Gasteiger partial charge on any atom is 0.226 e. The monoisotopic (exact) mass is 277 g/mol. The van der Waals surface area contributed by atoms with Crippen molar-refractivity contribution in [3.63, 3.8) is 0 Å². The third kappa shape index (κ3) is 4.47. The van der Waals surface area contributed by atoms with Gasteiger partial charge in [-0.05, 0) is 24.6 Å². The van der Waals surface area contributed by atoms with Gasteiger partial charge in [0, 0.05) is 25.6 Å². The molecule has 5 nitrogen and oxygen atoms in total. The van der Waals surface area contributed by atoms with Crippen LogP contribution in [0.3, 0.4) is 0 Å². The summed E-state index contributed by atoms with van der Waals surface area (Å²) in [5, 5.41) is 9.43. The number of benzene rings is 1. The van der Waals surface area contributed by atoms with Crippen molar-refractivity contribution in [2.75, 3.05) is 11.9 Å². The summed E-state index contributed by atoms with van der Waals surface area (Å²) >= 11 is 0. The highest BCUT2D eigenvalue weighted by Crippen LogP contribution is 2.07. The van der Waals surface area contributed by atoms with Gasteiger partial charge in [-0.3, -0.25) is 4.79 Å². The largest absolute Gasteiger partial charge is 0.360 e. The summed E-state index contributed by atoms with van der Waals surface area (Å²) in [4.78, 5) is 11.6. The number of nitrogens with zero attached hydrogens (tertiary/aromatic N) is 1. The number of carbonyl (C=O) groups is 1. The minimum atomic E-state index is -0.254. The lowest BCUT2D eigenvalue weighted by molar-refractivity contribution is -0.116. The van der Waals surface area contributed by atoms with Gasteiger partial charge in [-0.25, -0.2) is 4.39 Å². The molecule has 0 bridgehead atoms. The molecule has 0 aliphatic rings. The van der Waals surface area contributed by atoms with Crippen molar-refractivity contribution in [2.24, 2.45) is 0 Å². The Balaban J connectivity index is 1.65. The van der Waals surface area contributed by atoms with Gasteiger partial charge in [0.05, 0.1) is 0 Å². The predicted molar refractivity (Wildman–Crippen MR) is 72.6 cm³/mol. The lowest BCUT2D eigenvalue weighted by atomic mass is 10.2. The molecular formula is C14H16FN3O2. The molecule has 0 saturated heterocycles. The van der Waals surface area contributed by atoms with Crippen LogP contribution in [0.15, 0.2) is 34.9 Å². The third-order valence-electron chi connectivity index (χ3n) is 2.67. The first-order chi connectivity index (χ1) is 9.63. The summed E-state index contributed by atoms with van der Waals surface area (Å²) in [7, 11) is 0. The normalized spacial score (nSPS) is 10.5. The molecule has 106 valence electrons. The fraction of sp³-hybridized carbons (Fsp3) is 0.286. The maximum absolute atomic E-state index is 12.7. The molecule has 0 fully saturated rings. The van der Waals surface area contributed by atoms with E-state index in [1.807, 2.05) is 0 Å².